The van der Waals surface area contributed by atoms with E-state index in [1.165, 1.54) is 6.92 Å². The molecule has 1 nitrogen and oxygen atoms in total. The zero-order valence-corrected chi connectivity index (χ0v) is 7.20. The molecule has 12 heavy (non-hydrogen) atoms. The van der Waals surface area contributed by atoms with Gasteiger partial charge in [0.15, 0.2) is 0 Å². The highest BCUT2D eigenvalue weighted by atomic mass is 35.5. The van der Waals surface area contributed by atoms with Gasteiger partial charge in [0.2, 0.25) is 0 Å². The summed E-state index contributed by atoms with van der Waals surface area (Å²) >= 11 is 5.43. The van der Waals surface area contributed by atoms with E-state index in [0.717, 1.165) is 12.1 Å². The Hall–Kier alpha value is -0.670. The molecule has 0 spiro atoms. The molecular formula is C8H8ClF2N. The molecule has 0 aliphatic heterocycles. The highest BCUT2D eigenvalue weighted by Gasteiger charge is 2.15. The van der Waals surface area contributed by atoms with Crippen LogP contribution in [0.5, 0.6) is 0 Å². The van der Waals surface area contributed by atoms with Gasteiger partial charge in [-0.05, 0) is 19.1 Å². The average molecular weight is 192 g/mol. The van der Waals surface area contributed by atoms with Gasteiger partial charge < -0.3 is 5.73 Å². The van der Waals surface area contributed by atoms with E-state index in [1.54, 1.807) is 0 Å². The van der Waals surface area contributed by atoms with Gasteiger partial charge in [0.1, 0.15) is 11.6 Å². The summed E-state index contributed by atoms with van der Waals surface area (Å²) in [5, 5.41) is -0.108. The minimum atomic E-state index is -0.772. The van der Waals surface area contributed by atoms with Crippen LogP contribution in [-0.2, 0) is 0 Å². The van der Waals surface area contributed by atoms with Crippen molar-refractivity contribution in [2.45, 2.75) is 13.0 Å². The minimum absolute atomic E-state index is 0.108. The summed E-state index contributed by atoms with van der Waals surface area (Å²) in [5.41, 5.74) is 5.18. The average Bonchev–Trinajstić information content (AvgIpc) is 1.97. The first kappa shape index (κ1) is 9.42. The molecule has 66 valence electrons. The molecule has 1 aromatic rings. The van der Waals surface area contributed by atoms with E-state index < -0.39 is 17.7 Å². The van der Waals surface area contributed by atoms with Crippen LogP contribution >= 0.6 is 11.6 Å². The Labute approximate surface area is 74.1 Å². The van der Waals surface area contributed by atoms with Crippen molar-refractivity contribution in [3.8, 4) is 0 Å². The molecule has 0 saturated carbocycles. The second-order valence-corrected chi connectivity index (χ2v) is 2.95. The molecular weight excluding hydrogens is 184 g/mol. The normalized spacial score (nSPS) is 13.1. The third kappa shape index (κ3) is 1.57. The zero-order chi connectivity index (χ0) is 9.30. The van der Waals surface area contributed by atoms with Crippen molar-refractivity contribution in [3.05, 3.63) is 34.4 Å². The molecule has 0 radical (unpaired) electrons. The molecule has 0 aliphatic rings. The fraction of sp³-hybridized carbons (Fsp3) is 0.250. The Bertz CT molecular complexity index is 299. The van der Waals surface area contributed by atoms with Crippen molar-refractivity contribution in [3.63, 3.8) is 0 Å². The van der Waals surface area contributed by atoms with E-state index in [-0.39, 0.29) is 10.6 Å². The molecule has 2 N–H and O–H groups in total. The molecule has 0 aromatic heterocycles. The van der Waals surface area contributed by atoms with Gasteiger partial charge in [-0.15, -0.1) is 0 Å². The summed E-state index contributed by atoms with van der Waals surface area (Å²) < 4.78 is 26.0. The Morgan fingerprint density at radius 2 is 2.00 bits per heavy atom. The fourth-order valence-electron chi connectivity index (χ4n) is 0.960. The molecule has 0 saturated heterocycles. The van der Waals surface area contributed by atoms with Crippen molar-refractivity contribution >= 4 is 11.6 Å². The quantitative estimate of drug-likeness (QED) is 0.679. The lowest BCUT2D eigenvalue weighted by atomic mass is 10.1. The van der Waals surface area contributed by atoms with Crippen LogP contribution in [0.2, 0.25) is 5.02 Å². The van der Waals surface area contributed by atoms with Crippen LogP contribution in [0, 0.1) is 11.6 Å². The van der Waals surface area contributed by atoms with E-state index in [2.05, 4.69) is 0 Å². The lowest BCUT2D eigenvalue weighted by Gasteiger charge is -2.08. The van der Waals surface area contributed by atoms with E-state index in [1.807, 2.05) is 0 Å². The Kier molecular flexibility index (Phi) is 2.65. The molecule has 0 heterocycles. The SMILES string of the molecule is C[C@H](N)c1c(F)ccc(Cl)c1F. The van der Waals surface area contributed by atoms with Gasteiger partial charge >= 0.3 is 0 Å². The molecule has 0 bridgehead atoms. The smallest absolute Gasteiger partial charge is 0.149 e. The molecule has 0 amide bonds. The van der Waals surface area contributed by atoms with Crippen molar-refractivity contribution in [1.29, 1.82) is 0 Å². The van der Waals surface area contributed by atoms with Gasteiger partial charge in [0.05, 0.1) is 5.02 Å². The number of halogens is 3. The number of nitrogens with two attached hydrogens (primary N) is 1. The number of benzene rings is 1. The molecule has 1 aromatic carbocycles. The largest absolute Gasteiger partial charge is 0.324 e. The summed E-state index contributed by atoms with van der Waals surface area (Å²) in [7, 11) is 0. The Morgan fingerprint density at radius 1 is 1.42 bits per heavy atom. The second kappa shape index (κ2) is 3.37. The van der Waals surface area contributed by atoms with Gasteiger partial charge in [-0.3, -0.25) is 0 Å². The molecule has 0 aliphatic carbocycles. The summed E-state index contributed by atoms with van der Waals surface area (Å²) in [6.45, 7) is 1.50. The topological polar surface area (TPSA) is 26.0 Å². The number of hydrogen-bond acceptors (Lipinski definition) is 1. The lowest BCUT2D eigenvalue weighted by molar-refractivity contribution is 0.537. The number of hydrogen-bond donors (Lipinski definition) is 1. The highest BCUT2D eigenvalue weighted by molar-refractivity contribution is 6.30. The Morgan fingerprint density at radius 3 is 2.42 bits per heavy atom. The maximum Gasteiger partial charge on any atom is 0.149 e. The van der Waals surface area contributed by atoms with E-state index in [9.17, 15) is 8.78 Å². The van der Waals surface area contributed by atoms with Crippen LogP contribution < -0.4 is 5.73 Å². The molecule has 0 unspecified atom stereocenters. The van der Waals surface area contributed by atoms with Crippen molar-refractivity contribution in [2.75, 3.05) is 0 Å². The van der Waals surface area contributed by atoms with E-state index >= 15 is 0 Å². The van der Waals surface area contributed by atoms with Gasteiger partial charge in [0.25, 0.3) is 0 Å². The van der Waals surface area contributed by atoms with Crippen LogP contribution in [0.3, 0.4) is 0 Å². The summed E-state index contributed by atoms with van der Waals surface area (Å²) in [6, 6.07) is 1.58. The predicted octanol–water partition coefficient (Wildman–Crippen LogP) is 2.64. The zero-order valence-electron chi connectivity index (χ0n) is 6.44. The van der Waals surface area contributed by atoms with Gasteiger partial charge in [0, 0.05) is 11.6 Å². The van der Waals surface area contributed by atoms with Crippen LogP contribution in [0.25, 0.3) is 0 Å². The second-order valence-electron chi connectivity index (χ2n) is 2.55. The molecule has 0 fully saturated rings. The van der Waals surface area contributed by atoms with Crippen LogP contribution in [0.15, 0.2) is 12.1 Å². The molecule has 1 rings (SSSR count). The number of rotatable bonds is 1. The predicted molar refractivity (Wildman–Crippen MR) is 44.0 cm³/mol. The molecule has 1 atom stereocenters. The van der Waals surface area contributed by atoms with E-state index in [4.69, 9.17) is 17.3 Å². The monoisotopic (exact) mass is 191 g/mol. The Balaban J connectivity index is 3.33. The first-order chi connectivity index (χ1) is 5.54. The first-order valence-electron chi connectivity index (χ1n) is 3.43. The van der Waals surface area contributed by atoms with Crippen molar-refractivity contribution in [1.82, 2.24) is 0 Å². The standard InChI is InChI=1S/C8H8ClF2N/c1-4(12)7-6(10)3-2-5(9)8(7)11/h2-4H,12H2,1H3/t4-/m0/s1. The minimum Gasteiger partial charge on any atom is -0.324 e. The first-order valence-corrected chi connectivity index (χ1v) is 3.80. The maximum atomic E-state index is 13.1. The molecule has 4 heteroatoms. The van der Waals surface area contributed by atoms with Crippen molar-refractivity contribution in [2.24, 2.45) is 5.73 Å². The lowest BCUT2D eigenvalue weighted by Crippen LogP contribution is -2.10. The summed E-state index contributed by atoms with van der Waals surface area (Å²) in [4.78, 5) is 0. The maximum absolute atomic E-state index is 13.1. The van der Waals surface area contributed by atoms with Gasteiger partial charge in [-0.2, -0.15) is 0 Å². The van der Waals surface area contributed by atoms with Gasteiger partial charge in [-0.25, -0.2) is 8.78 Å². The highest BCUT2D eigenvalue weighted by Crippen LogP contribution is 2.24. The van der Waals surface area contributed by atoms with E-state index in [0.29, 0.717) is 0 Å². The third-order valence-electron chi connectivity index (χ3n) is 1.53. The third-order valence-corrected chi connectivity index (χ3v) is 1.83. The van der Waals surface area contributed by atoms with Crippen LogP contribution in [0.1, 0.15) is 18.5 Å². The summed E-state index contributed by atoms with van der Waals surface area (Å²) in [5.74, 6) is -1.43. The van der Waals surface area contributed by atoms with Crippen LogP contribution in [0.4, 0.5) is 8.78 Å². The fourth-order valence-corrected chi connectivity index (χ4v) is 1.12. The van der Waals surface area contributed by atoms with Crippen LogP contribution in [-0.4, -0.2) is 0 Å². The summed E-state index contributed by atoms with van der Waals surface area (Å²) in [6.07, 6.45) is 0. The van der Waals surface area contributed by atoms with Crippen molar-refractivity contribution < 1.29 is 8.78 Å². The van der Waals surface area contributed by atoms with Gasteiger partial charge in [-0.1, -0.05) is 11.6 Å².